The normalized spacial score (nSPS) is 20.4. The molecule has 0 radical (unpaired) electrons. The summed E-state index contributed by atoms with van der Waals surface area (Å²) in [5, 5.41) is 6.40. The van der Waals surface area contributed by atoms with Crippen molar-refractivity contribution in [2.75, 3.05) is 11.9 Å². The fraction of sp³-hybridized carbons (Fsp3) is 0.455. The SMILES string of the molecule is O=C(Nc1ccnc(Cl)c1)[C@@H]1CCCCN1. The van der Waals surface area contributed by atoms with Crippen LogP contribution in [-0.2, 0) is 4.79 Å². The molecule has 86 valence electrons. The number of rotatable bonds is 2. The minimum Gasteiger partial charge on any atom is -0.325 e. The molecule has 0 aliphatic carbocycles. The molecular formula is C11H14ClN3O. The Morgan fingerprint density at radius 1 is 1.56 bits per heavy atom. The molecule has 2 heterocycles. The summed E-state index contributed by atoms with van der Waals surface area (Å²) < 4.78 is 0. The highest BCUT2D eigenvalue weighted by atomic mass is 35.5. The molecule has 0 aromatic carbocycles. The molecule has 0 unspecified atom stereocenters. The van der Waals surface area contributed by atoms with E-state index in [2.05, 4.69) is 15.6 Å². The number of piperidine rings is 1. The van der Waals surface area contributed by atoms with Crippen LogP contribution in [0.3, 0.4) is 0 Å². The molecule has 0 bridgehead atoms. The molecule has 2 rings (SSSR count). The van der Waals surface area contributed by atoms with Crippen molar-refractivity contribution in [3.05, 3.63) is 23.5 Å². The predicted octanol–water partition coefficient (Wildman–Crippen LogP) is 1.82. The van der Waals surface area contributed by atoms with Gasteiger partial charge in [-0.1, -0.05) is 18.0 Å². The zero-order valence-electron chi connectivity index (χ0n) is 8.87. The van der Waals surface area contributed by atoms with Gasteiger partial charge in [0.15, 0.2) is 0 Å². The summed E-state index contributed by atoms with van der Waals surface area (Å²) in [6.07, 6.45) is 4.71. The molecule has 4 nitrogen and oxygen atoms in total. The highest BCUT2D eigenvalue weighted by Crippen LogP contribution is 2.14. The van der Waals surface area contributed by atoms with Gasteiger partial charge in [0.25, 0.3) is 0 Å². The van der Waals surface area contributed by atoms with Crippen LogP contribution in [0.4, 0.5) is 5.69 Å². The van der Waals surface area contributed by atoms with Gasteiger partial charge in [0.1, 0.15) is 5.15 Å². The first-order valence-corrected chi connectivity index (χ1v) is 5.79. The number of hydrogen-bond donors (Lipinski definition) is 2. The van der Waals surface area contributed by atoms with Gasteiger partial charge >= 0.3 is 0 Å². The van der Waals surface area contributed by atoms with Crippen LogP contribution in [0, 0.1) is 0 Å². The van der Waals surface area contributed by atoms with Crippen molar-refractivity contribution in [1.82, 2.24) is 10.3 Å². The maximum absolute atomic E-state index is 11.8. The standard InChI is InChI=1S/C11H14ClN3O/c12-10-7-8(4-6-14-10)15-11(16)9-3-1-2-5-13-9/h4,6-7,9,13H,1-3,5H2,(H,14,15,16)/t9-/m0/s1. The second kappa shape index (κ2) is 5.27. The van der Waals surface area contributed by atoms with Crippen LogP contribution in [0.1, 0.15) is 19.3 Å². The zero-order chi connectivity index (χ0) is 11.4. The van der Waals surface area contributed by atoms with E-state index < -0.39 is 0 Å². The third-order valence-electron chi connectivity index (χ3n) is 2.62. The molecule has 1 saturated heterocycles. The van der Waals surface area contributed by atoms with E-state index in [1.54, 1.807) is 18.3 Å². The smallest absolute Gasteiger partial charge is 0.241 e. The molecule has 1 aromatic heterocycles. The van der Waals surface area contributed by atoms with E-state index in [9.17, 15) is 4.79 Å². The van der Waals surface area contributed by atoms with E-state index >= 15 is 0 Å². The number of anilines is 1. The number of hydrogen-bond acceptors (Lipinski definition) is 3. The Bertz CT molecular complexity index is 377. The lowest BCUT2D eigenvalue weighted by molar-refractivity contribution is -0.118. The molecule has 1 amide bonds. The Morgan fingerprint density at radius 3 is 3.12 bits per heavy atom. The maximum atomic E-state index is 11.8. The third kappa shape index (κ3) is 2.93. The fourth-order valence-electron chi connectivity index (χ4n) is 1.79. The van der Waals surface area contributed by atoms with Crippen LogP contribution >= 0.6 is 11.6 Å². The zero-order valence-corrected chi connectivity index (χ0v) is 9.63. The van der Waals surface area contributed by atoms with E-state index in [1.165, 1.54) is 0 Å². The van der Waals surface area contributed by atoms with Gasteiger partial charge < -0.3 is 10.6 Å². The first-order chi connectivity index (χ1) is 7.75. The van der Waals surface area contributed by atoms with Gasteiger partial charge in [0.2, 0.25) is 5.91 Å². The van der Waals surface area contributed by atoms with Gasteiger partial charge in [-0.2, -0.15) is 0 Å². The number of nitrogens with one attached hydrogen (secondary N) is 2. The molecule has 0 saturated carbocycles. The van der Waals surface area contributed by atoms with Crippen LogP contribution in [0.25, 0.3) is 0 Å². The largest absolute Gasteiger partial charge is 0.325 e. The van der Waals surface area contributed by atoms with Crippen molar-refractivity contribution >= 4 is 23.2 Å². The molecule has 0 spiro atoms. The van der Waals surface area contributed by atoms with Crippen LogP contribution in [0.5, 0.6) is 0 Å². The first-order valence-electron chi connectivity index (χ1n) is 5.41. The Hall–Kier alpha value is -1.13. The molecule has 1 aromatic rings. The molecule has 5 heteroatoms. The summed E-state index contributed by atoms with van der Waals surface area (Å²) in [5.74, 6) is 0.00182. The van der Waals surface area contributed by atoms with Crippen LogP contribution in [0.2, 0.25) is 5.15 Å². The second-order valence-electron chi connectivity index (χ2n) is 3.86. The van der Waals surface area contributed by atoms with Crippen LogP contribution in [-0.4, -0.2) is 23.5 Å². The Kier molecular flexibility index (Phi) is 3.74. The second-order valence-corrected chi connectivity index (χ2v) is 4.25. The van der Waals surface area contributed by atoms with Crippen LogP contribution in [0.15, 0.2) is 18.3 Å². The lowest BCUT2D eigenvalue weighted by Crippen LogP contribution is -2.43. The summed E-state index contributed by atoms with van der Waals surface area (Å²) in [5.41, 5.74) is 0.692. The number of carbonyl (C=O) groups is 1. The van der Waals surface area contributed by atoms with Crippen molar-refractivity contribution in [2.45, 2.75) is 25.3 Å². The molecule has 1 aliphatic heterocycles. The summed E-state index contributed by atoms with van der Waals surface area (Å²) in [6, 6.07) is 3.29. The third-order valence-corrected chi connectivity index (χ3v) is 2.83. The van der Waals surface area contributed by atoms with E-state index in [0.29, 0.717) is 10.8 Å². The number of carbonyl (C=O) groups excluding carboxylic acids is 1. The molecule has 1 atom stereocenters. The summed E-state index contributed by atoms with van der Waals surface area (Å²) in [4.78, 5) is 15.7. The quantitative estimate of drug-likeness (QED) is 0.774. The van der Waals surface area contributed by atoms with Crippen molar-refractivity contribution in [1.29, 1.82) is 0 Å². The number of nitrogens with zero attached hydrogens (tertiary/aromatic N) is 1. The average Bonchev–Trinajstić information content (AvgIpc) is 2.30. The minimum absolute atomic E-state index is 0.00182. The number of halogens is 1. The maximum Gasteiger partial charge on any atom is 0.241 e. The highest BCUT2D eigenvalue weighted by molar-refractivity contribution is 6.29. The van der Waals surface area contributed by atoms with Gasteiger partial charge in [-0.25, -0.2) is 4.98 Å². The number of aromatic nitrogens is 1. The minimum atomic E-state index is -0.0827. The van der Waals surface area contributed by atoms with Crippen LogP contribution < -0.4 is 10.6 Å². The van der Waals surface area contributed by atoms with E-state index in [-0.39, 0.29) is 11.9 Å². The molecular weight excluding hydrogens is 226 g/mol. The monoisotopic (exact) mass is 239 g/mol. The summed E-state index contributed by atoms with van der Waals surface area (Å²) in [6.45, 7) is 0.912. The van der Waals surface area contributed by atoms with Crippen molar-refractivity contribution < 1.29 is 4.79 Å². The summed E-state index contributed by atoms with van der Waals surface area (Å²) >= 11 is 5.74. The lowest BCUT2D eigenvalue weighted by atomic mass is 10.0. The number of amides is 1. The van der Waals surface area contributed by atoms with Gasteiger partial charge in [0, 0.05) is 11.9 Å². The van der Waals surface area contributed by atoms with Crippen molar-refractivity contribution in [3.8, 4) is 0 Å². The van der Waals surface area contributed by atoms with Crippen molar-refractivity contribution in [2.24, 2.45) is 0 Å². The topological polar surface area (TPSA) is 54.0 Å². The predicted molar refractivity (Wildman–Crippen MR) is 63.5 cm³/mol. The summed E-state index contributed by atoms with van der Waals surface area (Å²) in [7, 11) is 0. The van der Waals surface area contributed by atoms with E-state index in [4.69, 9.17) is 11.6 Å². The van der Waals surface area contributed by atoms with Gasteiger partial charge in [-0.15, -0.1) is 0 Å². The first kappa shape index (κ1) is 11.4. The fourth-order valence-corrected chi connectivity index (χ4v) is 1.96. The van der Waals surface area contributed by atoms with E-state index in [1.807, 2.05) is 0 Å². The Morgan fingerprint density at radius 2 is 2.44 bits per heavy atom. The Labute approximate surface area is 99.4 Å². The lowest BCUT2D eigenvalue weighted by Gasteiger charge is -2.22. The average molecular weight is 240 g/mol. The Balaban J connectivity index is 1.96. The highest BCUT2D eigenvalue weighted by Gasteiger charge is 2.20. The van der Waals surface area contributed by atoms with Crippen molar-refractivity contribution in [3.63, 3.8) is 0 Å². The molecule has 1 fully saturated rings. The van der Waals surface area contributed by atoms with Gasteiger partial charge in [0.05, 0.1) is 6.04 Å². The molecule has 16 heavy (non-hydrogen) atoms. The molecule has 2 N–H and O–H groups in total. The molecule has 1 aliphatic rings. The van der Waals surface area contributed by atoms with Gasteiger partial charge in [-0.05, 0) is 31.5 Å². The van der Waals surface area contributed by atoms with Gasteiger partial charge in [-0.3, -0.25) is 4.79 Å². The van der Waals surface area contributed by atoms with E-state index in [0.717, 1.165) is 25.8 Å². The number of pyridine rings is 1.